The molecule has 0 radical (unpaired) electrons. The van der Waals surface area contributed by atoms with E-state index in [0.717, 1.165) is 21.5 Å². The molecule has 0 spiro atoms. The summed E-state index contributed by atoms with van der Waals surface area (Å²) in [5, 5.41) is 2.89. The first-order valence-corrected chi connectivity index (χ1v) is 14.2. The zero-order chi connectivity index (χ0) is 30.1. The Morgan fingerprint density at radius 1 is 0.930 bits per heavy atom. The highest BCUT2D eigenvalue weighted by molar-refractivity contribution is 6.05. The van der Waals surface area contributed by atoms with Gasteiger partial charge in [0, 0.05) is 23.4 Å². The van der Waals surface area contributed by atoms with Gasteiger partial charge in [-0.15, -0.1) is 0 Å². The van der Waals surface area contributed by atoms with E-state index in [1.54, 1.807) is 42.7 Å². The van der Waals surface area contributed by atoms with Crippen molar-refractivity contribution in [3.63, 3.8) is 0 Å². The number of fused-ring (bicyclic) bond motifs is 4. The number of hydrogen-bond donors (Lipinski definition) is 1. The van der Waals surface area contributed by atoms with Gasteiger partial charge in [-0.3, -0.25) is 14.2 Å². The van der Waals surface area contributed by atoms with E-state index in [4.69, 9.17) is 0 Å². The summed E-state index contributed by atoms with van der Waals surface area (Å²) in [4.78, 5) is 32.3. The fraction of sp³-hybridized carbons (Fsp3) is 0.206. The van der Waals surface area contributed by atoms with Gasteiger partial charge in [-0.2, -0.15) is 13.2 Å². The highest BCUT2D eigenvalue weighted by atomic mass is 19.4. The van der Waals surface area contributed by atoms with Crippen LogP contribution >= 0.6 is 0 Å². The third-order valence-corrected chi connectivity index (χ3v) is 7.74. The monoisotopic (exact) mass is 582 g/mol. The van der Waals surface area contributed by atoms with Crippen LogP contribution in [0.3, 0.4) is 0 Å². The van der Waals surface area contributed by atoms with Gasteiger partial charge >= 0.3 is 6.18 Å². The molecule has 1 unspecified atom stereocenters. The molecule has 0 saturated heterocycles. The minimum atomic E-state index is -4.52. The van der Waals surface area contributed by atoms with E-state index in [1.807, 2.05) is 66.1 Å². The Labute approximate surface area is 246 Å². The van der Waals surface area contributed by atoms with Crippen molar-refractivity contribution in [2.24, 2.45) is 0 Å². The summed E-state index contributed by atoms with van der Waals surface area (Å²) in [6.45, 7) is 0.612. The number of alkyl halides is 3. The number of carbonyl (C=O) groups excluding carboxylic acids is 2. The van der Waals surface area contributed by atoms with Gasteiger partial charge < -0.3 is 10.2 Å². The first-order valence-electron chi connectivity index (χ1n) is 14.2. The average Bonchev–Trinajstić information content (AvgIpc) is 3.58. The van der Waals surface area contributed by atoms with E-state index in [-0.39, 0.29) is 12.5 Å². The molecule has 4 aromatic carbocycles. The quantitative estimate of drug-likeness (QED) is 0.205. The number of amides is 2. The Morgan fingerprint density at radius 3 is 2.44 bits per heavy atom. The van der Waals surface area contributed by atoms with Crippen LogP contribution in [0.4, 0.5) is 18.9 Å². The molecule has 6 rings (SSSR count). The zero-order valence-corrected chi connectivity index (χ0v) is 23.4. The first-order chi connectivity index (χ1) is 20.7. The molecule has 43 heavy (non-hydrogen) atoms. The number of unbranched alkanes of at least 4 members (excludes halogenated alkanes) is 1. The number of nitrogens with one attached hydrogen (secondary N) is 1. The number of carbonyl (C=O) groups is 2. The summed E-state index contributed by atoms with van der Waals surface area (Å²) < 4.78 is 42.7. The molecule has 0 saturated carbocycles. The second kappa shape index (κ2) is 11.4. The maximum atomic E-state index is 14.1. The summed E-state index contributed by atoms with van der Waals surface area (Å²) in [6, 6.07) is 27.3. The van der Waals surface area contributed by atoms with E-state index in [2.05, 4.69) is 10.3 Å². The molecule has 6 nitrogen and oxygen atoms in total. The fourth-order valence-corrected chi connectivity index (χ4v) is 5.80. The topological polar surface area (TPSA) is 67.2 Å². The predicted molar refractivity (Wildman–Crippen MR) is 160 cm³/mol. The summed E-state index contributed by atoms with van der Waals surface area (Å²) in [5.41, 5.74) is 6.09. The van der Waals surface area contributed by atoms with Crippen LogP contribution in [0.5, 0.6) is 0 Å². The molecule has 1 N–H and O–H groups in total. The second-order valence-electron chi connectivity index (χ2n) is 10.6. The van der Waals surface area contributed by atoms with E-state index in [1.165, 1.54) is 0 Å². The van der Waals surface area contributed by atoms with Crippen LogP contribution in [0.2, 0.25) is 0 Å². The minimum absolute atomic E-state index is 0.0243. The van der Waals surface area contributed by atoms with Crippen LogP contribution in [0.15, 0.2) is 97.3 Å². The van der Waals surface area contributed by atoms with Gasteiger partial charge in [0.1, 0.15) is 12.9 Å². The van der Waals surface area contributed by atoms with Crippen molar-refractivity contribution in [3.8, 4) is 16.8 Å². The van der Waals surface area contributed by atoms with Gasteiger partial charge in [0.2, 0.25) is 5.91 Å². The molecule has 5 aromatic rings. The second-order valence-corrected chi connectivity index (χ2v) is 10.6. The van der Waals surface area contributed by atoms with Crippen molar-refractivity contribution in [2.75, 3.05) is 18.4 Å². The molecule has 1 aliphatic carbocycles. The van der Waals surface area contributed by atoms with E-state index in [9.17, 15) is 22.8 Å². The fourth-order valence-electron chi connectivity index (χ4n) is 5.80. The normalized spacial score (nSPS) is 13.9. The van der Waals surface area contributed by atoms with E-state index in [0.29, 0.717) is 46.4 Å². The molecule has 1 heterocycles. The maximum absolute atomic E-state index is 14.1. The molecule has 2 amide bonds. The average molecular weight is 583 g/mol. The lowest BCUT2D eigenvalue weighted by molar-refractivity contribution is -0.161. The summed E-state index contributed by atoms with van der Waals surface area (Å²) in [7, 11) is 0. The number of aromatic nitrogens is 2. The van der Waals surface area contributed by atoms with Gasteiger partial charge in [-0.25, -0.2) is 4.98 Å². The van der Waals surface area contributed by atoms with Crippen molar-refractivity contribution >= 4 is 28.5 Å². The molecule has 9 heteroatoms. The Balaban J connectivity index is 1.41. The summed E-state index contributed by atoms with van der Waals surface area (Å²) in [5.74, 6) is -1.71. The Kier molecular flexibility index (Phi) is 7.48. The van der Waals surface area contributed by atoms with Crippen LogP contribution < -0.4 is 5.32 Å². The van der Waals surface area contributed by atoms with Crippen molar-refractivity contribution in [1.82, 2.24) is 14.5 Å². The molecule has 218 valence electrons. The highest BCUT2D eigenvalue weighted by Gasteiger charge is 2.41. The standard InChI is InChI=1S/C34H29F3N4O2/c1-2-3-18-40(20-34(35,36)37)33(43)31-26-13-8-7-12-24(26)25-14-9-15-29(30(25)31)41-21-38-27-19-23(16-17-28(27)41)39-32(42)22-10-5-4-6-11-22/h4-17,19,21,31H,2-3,18,20H2,1H3,(H,39,42). The lowest BCUT2D eigenvalue weighted by atomic mass is 9.93. The van der Waals surface area contributed by atoms with Crippen LogP contribution in [-0.4, -0.2) is 45.5 Å². The van der Waals surface area contributed by atoms with Gasteiger partial charge in [0.05, 0.1) is 22.6 Å². The lowest BCUT2D eigenvalue weighted by Gasteiger charge is -2.28. The van der Waals surface area contributed by atoms with Crippen molar-refractivity contribution in [2.45, 2.75) is 31.9 Å². The van der Waals surface area contributed by atoms with E-state index >= 15 is 0 Å². The smallest absolute Gasteiger partial charge is 0.333 e. The van der Waals surface area contributed by atoms with Crippen molar-refractivity contribution in [3.05, 3.63) is 114 Å². The van der Waals surface area contributed by atoms with Gasteiger partial charge in [0.25, 0.3) is 5.91 Å². The molecule has 1 aliphatic rings. The largest absolute Gasteiger partial charge is 0.406 e. The minimum Gasteiger partial charge on any atom is -0.333 e. The summed E-state index contributed by atoms with van der Waals surface area (Å²) >= 11 is 0. The molecular weight excluding hydrogens is 553 g/mol. The SMILES string of the molecule is CCCCN(CC(F)(F)F)C(=O)C1c2ccccc2-c2cccc(-n3cnc4cc(NC(=O)c5ccccc5)ccc43)c21. The highest BCUT2D eigenvalue weighted by Crippen LogP contribution is 2.48. The van der Waals surface area contributed by atoms with E-state index < -0.39 is 24.5 Å². The Bertz CT molecular complexity index is 1810. The van der Waals surface area contributed by atoms with Gasteiger partial charge in [-0.05, 0) is 59.5 Å². The summed E-state index contributed by atoms with van der Waals surface area (Å²) in [6.07, 6.45) is -1.74. The van der Waals surface area contributed by atoms with Gasteiger partial charge in [0.15, 0.2) is 0 Å². The molecule has 0 bridgehead atoms. The number of imidazole rings is 1. The number of benzene rings is 4. The lowest BCUT2D eigenvalue weighted by Crippen LogP contribution is -2.42. The van der Waals surface area contributed by atoms with Crippen molar-refractivity contribution in [1.29, 1.82) is 0 Å². The van der Waals surface area contributed by atoms with Crippen LogP contribution in [0.1, 0.15) is 47.2 Å². The molecule has 0 fully saturated rings. The van der Waals surface area contributed by atoms with Crippen LogP contribution in [0.25, 0.3) is 27.8 Å². The van der Waals surface area contributed by atoms with Crippen LogP contribution in [-0.2, 0) is 4.79 Å². The molecule has 1 atom stereocenters. The first kappa shape index (κ1) is 28.2. The predicted octanol–water partition coefficient (Wildman–Crippen LogP) is 7.58. The van der Waals surface area contributed by atoms with Gasteiger partial charge in [-0.1, -0.05) is 67.9 Å². The number of rotatable bonds is 8. The van der Waals surface area contributed by atoms with Crippen LogP contribution in [0, 0.1) is 0 Å². The third kappa shape index (κ3) is 5.50. The van der Waals surface area contributed by atoms with Crippen molar-refractivity contribution < 1.29 is 22.8 Å². The zero-order valence-electron chi connectivity index (χ0n) is 23.4. The molecular formula is C34H29F3N4O2. The molecule has 1 aromatic heterocycles. The third-order valence-electron chi connectivity index (χ3n) is 7.74. The number of hydrogen-bond acceptors (Lipinski definition) is 3. The Morgan fingerprint density at radius 2 is 1.67 bits per heavy atom. The number of anilines is 1. The molecule has 0 aliphatic heterocycles. The maximum Gasteiger partial charge on any atom is 0.406 e. The number of nitrogens with zero attached hydrogens (tertiary/aromatic N) is 3. The number of halogens is 3. The Hall–Kier alpha value is -4.92.